The number of aliphatic hydroxyl groups excluding tert-OH is 2. The van der Waals surface area contributed by atoms with Crippen LogP contribution in [-0.4, -0.2) is 50.1 Å². The lowest BCUT2D eigenvalue weighted by Gasteiger charge is -2.28. The van der Waals surface area contributed by atoms with E-state index in [9.17, 15) is 28.5 Å². The quantitative estimate of drug-likeness (QED) is 0.496. The summed E-state index contributed by atoms with van der Waals surface area (Å²) in [6.45, 7) is 9.30. The van der Waals surface area contributed by atoms with E-state index in [1.165, 1.54) is 17.0 Å². The first-order chi connectivity index (χ1) is 15.9. The molecule has 34 heavy (non-hydrogen) atoms. The number of nitrogens with zero attached hydrogens (tertiary/aromatic N) is 2. The van der Waals surface area contributed by atoms with Crippen molar-refractivity contribution in [2.24, 2.45) is 11.8 Å². The van der Waals surface area contributed by atoms with Crippen LogP contribution in [0, 0.1) is 11.8 Å². The first kappa shape index (κ1) is 26.2. The fourth-order valence-corrected chi connectivity index (χ4v) is 4.88. The lowest BCUT2D eigenvalue weighted by molar-refractivity contribution is -0.225. The molecule has 0 spiro atoms. The molecule has 1 heterocycles. The van der Waals surface area contributed by atoms with Gasteiger partial charge in [-0.25, -0.2) is 0 Å². The average Bonchev–Trinajstić information content (AvgIpc) is 3.20. The first-order valence-electron chi connectivity index (χ1n) is 11.5. The summed E-state index contributed by atoms with van der Waals surface area (Å²) in [4.78, 5) is 0. The molecule has 8 heteroatoms. The summed E-state index contributed by atoms with van der Waals surface area (Å²) in [6.07, 6.45) is 6.22. The molecule has 1 fully saturated rings. The molecule has 0 bridgehead atoms. The highest BCUT2D eigenvalue weighted by molar-refractivity contribution is 5.86. The van der Waals surface area contributed by atoms with Crippen molar-refractivity contribution in [1.29, 1.82) is 0 Å². The van der Waals surface area contributed by atoms with Crippen LogP contribution in [0.2, 0.25) is 0 Å². The lowest BCUT2D eigenvalue weighted by Crippen LogP contribution is -2.45. The van der Waals surface area contributed by atoms with Gasteiger partial charge in [0.05, 0.1) is 25.5 Å². The molecule has 1 aromatic rings. The second-order valence-corrected chi connectivity index (χ2v) is 9.57. The number of aromatic nitrogens is 2. The zero-order chi connectivity index (χ0) is 25.3. The number of hydrogen-bond acceptors (Lipinski definition) is 4. The minimum Gasteiger partial charge on any atom is -0.394 e. The molecule has 186 valence electrons. The summed E-state index contributed by atoms with van der Waals surface area (Å²) in [5, 5.41) is 34.4. The largest absolute Gasteiger partial charge is 0.425 e. The van der Waals surface area contributed by atoms with E-state index in [2.05, 4.69) is 25.5 Å². The molecule has 2 atom stereocenters. The molecule has 0 aliphatic heterocycles. The lowest BCUT2D eigenvalue weighted by atomic mass is 9.85. The molecule has 0 saturated heterocycles. The molecule has 0 aromatic carbocycles. The maximum absolute atomic E-state index is 14.3. The van der Waals surface area contributed by atoms with Gasteiger partial charge in [-0.1, -0.05) is 51.7 Å². The Labute approximate surface area is 198 Å². The SMILES string of the molecule is C=C1/C(=C(\CC(C)CC(C)C)c2cnn(C(CO)CO)c2)C2=CC=CCC=C2C1(O)C(F)(F)F. The number of halogens is 3. The maximum atomic E-state index is 14.3. The average molecular weight is 479 g/mol. The molecular weight excluding hydrogens is 445 g/mol. The van der Waals surface area contributed by atoms with Gasteiger partial charge >= 0.3 is 6.18 Å². The van der Waals surface area contributed by atoms with Crippen LogP contribution in [0.5, 0.6) is 0 Å². The Balaban J connectivity index is 2.27. The number of alkyl halides is 3. The minimum absolute atomic E-state index is 0.138. The van der Waals surface area contributed by atoms with E-state index >= 15 is 0 Å². The third-order valence-electron chi connectivity index (χ3n) is 6.43. The number of allylic oxidation sites excluding steroid dienone is 5. The van der Waals surface area contributed by atoms with Crippen LogP contribution in [0.4, 0.5) is 13.2 Å². The van der Waals surface area contributed by atoms with Crippen molar-refractivity contribution in [2.45, 2.75) is 57.9 Å². The Hall–Kier alpha value is -2.42. The number of rotatable bonds is 8. The van der Waals surface area contributed by atoms with Crippen LogP contribution in [0.3, 0.4) is 0 Å². The van der Waals surface area contributed by atoms with Gasteiger partial charge in [-0.3, -0.25) is 4.68 Å². The summed E-state index contributed by atoms with van der Waals surface area (Å²) < 4.78 is 44.3. The van der Waals surface area contributed by atoms with E-state index in [4.69, 9.17) is 0 Å². The molecule has 2 unspecified atom stereocenters. The van der Waals surface area contributed by atoms with Crippen LogP contribution in [0.1, 0.15) is 51.6 Å². The van der Waals surface area contributed by atoms with Crippen LogP contribution >= 0.6 is 0 Å². The summed E-state index contributed by atoms with van der Waals surface area (Å²) in [5.41, 5.74) is -2.02. The van der Waals surface area contributed by atoms with E-state index in [0.29, 0.717) is 29.0 Å². The van der Waals surface area contributed by atoms with Crippen molar-refractivity contribution in [3.63, 3.8) is 0 Å². The van der Waals surface area contributed by atoms with Gasteiger partial charge in [0.25, 0.3) is 0 Å². The van der Waals surface area contributed by atoms with Crippen LogP contribution < -0.4 is 0 Å². The van der Waals surface area contributed by atoms with Gasteiger partial charge in [-0.2, -0.15) is 18.3 Å². The maximum Gasteiger partial charge on any atom is 0.425 e. The van der Waals surface area contributed by atoms with Gasteiger partial charge in [0.1, 0.15) is 0 Å². The predicted molar refractivity (Wildman–Crippen MR) is 126 cm³/mol. The highest BCUT2D eigenvalue weighted by Crippen LogP contribution is 2.57. The first-order valence-corrected chi connectivity index (χ1v) is 11.5. The molecule has 0 amide bonds. The molecule has 3 N–H and O–H groups in total. The van der Waals surface area contributed by atoms with E-state index in [1.807, 2.05) is 6.92 Å². The molecule has 1 aromatic heterocycles. The van der Waals surface area contributed by atoms with Gasteiger partial charge in [0, 0.05) is 17.3 Å². The molecule has 2 aliphatic carbocycles. The molecule has 3 rings (SSSR count). The number of aliphatic hydroxyl groups is 3. The fourth-order valence-electron chi connectivity index (χ4n) is 4.88. The van der Waals surface area contributed by atoms with Crippen molar-refractivity contribution in [2.75, 3.05) is 13.2 Å². The third kappa shape index (κ3) is 4.72. The third-order valence-corrected chi connectivity index (χ3v) is 6.43. The van der Waals surface area contributed by atoms with Crippen LogP contribution in [0.15, 0.2) is 65.6 Å². The smallest absolute Gasteiger partial charge is 0.394 e. The zero-order valence-electron chi connectivity index (χ0n) is 19.8. The predicted octanol–water partition coefficient (Wildman–Crippen LogP) is 4.91. The monoisotopic (exact) mass is 478 g/mol. The Morgan fingerprint density at radius 3 is 2.50 bits per heavy atom. The number of fused-ring (bicyclic) bond motifs is 1. The van der Waals surface area contributed by atoms with Crippen LogP contribution in [0.25, 0.3) is 5.57 Å². The van der Waals surface area contributed by atoms with E-state index < -0.39 is 23.4 Å². The van der Waals surface area contributed by atoms with Crippen molar-refractivity contribution < 1.29 is 28.5 Å². The van der Waals surface area contributed by atoms with Crippen molar-refractivity contribution in [1.82, 2.24) is 9.78 Å². The van der Waals surface area contributed by atoms with E-state index in [-0.39, 0.29) is 36.7 Å². The topological polar surface area (TPSA) is 78.5 Å². The Morgan fingerprint density at radius 2 is 1.91 bits per heavy atom. The Morgan fingerprint density at radius 1 is 1.24 bits per heavy atom. The molecule has 0 radical (unpaired) electrons. The van der Waals surface area contributed by atoms with Gasteiger partial charge in [0.15, 0.2) is 0 Å². The fraction of sp³-hybridized carbons (Fsp3) is 0.500. The van der Waals surface area contributed by atoms with Crippen molar-refractivity contribution >= 4 is 5.57 Å². The van der Waals surface area contributed by atoms with E-state index in [1.54, 1.807) is 24.4 Å². The highest BCUT2D eigenvalue weighted by atomic mass is 19.4. The van der Waals surface area contributed by atoms with Crippen molar-refractivity contribution in [3.05, 3.63) is 71.1 Å². The highest BCUT2D eigenvalue weighted by Gasteiger charge is 2.63. The second-order valence-electron chi connectivity index (χ2n) is 9.57. The molecular formula is C26H33F3N2O3. The Bertz CT molecular complexity index is 1040. The van der Waals surface area contributed by atoms with Gasteiger partial charge < -0.3 is 15.3 Å². The summed E-state index contributed by atoms with van der Waals surface area (Å²) in [6, 6.07) is -0.664. The standard InChI is InChI=1S/C26H33F3N2O3/c1-16(2)10-17(3)11-22(19-12-30-31(13-19)20(14-32)15-33)24-18(4)25(34,26(27,28)29)23-9-7-5-6-8-21(23)24/h5-6,8-9,12-13,16-17,20,32-34H,4,7,10-11,14-15H2,1-3H3/b24-22-. The van der Waals surface area contributed by atoms with Crippen LogP contribution in [-0.2, 0) is 0 Å². The van der Waals surface area contributed by atoms with Gasteiger partial charge in [-0.15, -0.1) is 0 Å². The molecule has 1 saturated carbocycles. The minimum atomic E-state index is -4.95. The van der Waals surface area contributed by atoms with E-state index in [0.717, 1.165) is 6.42 Å². The zero-order valence-corrected chi connectivity index (χ0v) is 19.8. The summed E-state index contributed by atoms with van der Waals surface area (Å²) >= 11 is 0. The molecule has 2 aliphatic rings. The summed E-state index contributed by atoms with van der Waals surface area (Å²) in [5.74, 6) is 0.533. The van der Waals surface area contributed by atoms with Crippen molar-refractivity contribution in [3.8, 4) is 0 Å². The van der Waals surface area contributed by atoms with Gasteiger partial charge in [0.2, 0.25) is 5.60 Å². The second kappa shape index (κ2) is 10.1. The van der Waals surface area contributed by atoms with Gasteiger partial charge in [-0.05, 0) is 53.4 Å². The number of hydrogen-bond donors (Lipinski definition) is 3. The Kier molecular flexibility index (Phi) is 7.75. The summed E-state index contributed by atoms with van der Waals surface area (Å²) in [7, 11) is 0. The molecule has 5 nitrogen and oxygen atoms in total. The normalized spacial score (nSPS) is 23.2.